The van der Waals surface area contributed by atoms with Crippen LogP contribution in [0.25, 0.3) is 5.65 Å². The summed E-state index contributed by atoms with van der Waals surface area (Å²) in [6.07, 6.45) is 4.30. The molecule has 3 aromatic heterocycles. The molecule has 5 rings (SSSR count). The van der Waals surface area contributed by atoms with Crippen molar-refractivity contribution in [1.29, 1.82) is 0 Å². The number of imidazole rings is 1. The molecule has 0 saturated heterocycles. The van der Waals surface area contributed by atoms with Gasteiger partial charge in [0.15, 0.2) is 17.2 Å². The Hall–Kier alpha value is -4.21. The van der Waals surface area contributed by atoms with E-state index in [1.54, 1.807) is 39.7 Å². The Bertz CT molecular complexity index is 1400. The van der Waals surface area contributed by atoms with Gasteiger partial charge in [0, 0.05) is 36.5 Å². The number of aromatic nitrogens is 5. The molecule has 1 fully saturated rings. The van der Waals surface area contributed by atoms with Crippen LogP contribution in [0.5, 0.6) is 11.6 Å². The second-order valence-electron chi connectivity index (χ2n) is 8.39. The molecule has 0 atom stereocenters. The minimum Gasteiger partial charge on any atom is -0.438 e. The van der Waals surface area contributed by atoms with Gasteiger partial charge in [0.25, 0.3) is 5.91 Å². The van der Waals surface area contributed by atoms with E-state index in [-0.39, 0.29) is 17.7 Å². The average molecular weight is 460 g/mol. The number of carbonyl (C=O) groups is 2. The first-order valence-electron chi connectivity index (χ1n) is 11.2. The summed E-state index contributed by atoms with van der Waals surface area (Å²) in [6, 6.07) is 10.7. The molecule has 0 spiro atoms. The molecule has 1 saturated carbocycles. The lowest BCUT2D eigenvalue weighted by Gasteiger charge is -2.10. The van der Waals surface area contributed by atoms with Crippen molar-refractivity contribution in [3.63, 3.8) is 0 Å². The summed E-state index contributed by atoms with van der Waals surface area (Å²) >= 11 is 0. The van der Waals surface area contributed by atoms with E-state index in [1.165, 1.54) is 0 Å². The largest absolute Gasteiger partial charge is 0.438 e. The fourth-order valence-corrected chi connectivity index (χ4v) is 3.61. The van der Waals surface area contributed by atoms with Crippen LogP contribution in [0.15, 0.2) is 42.6 Å². The van der Waals surface area contributed by atoms with Crippen molar-refractivity contribution < 1.29 is 14.3 Å². The Morgan fingerprint density at radius 1 is 1.12 bits per heavy atom. The first-order valence-corrected chi connectivity index (χ1v) is 11.2. The van der Waals surface area contributed by atoms with Crippen LogP contribution in [-0.2, 0) is 18.3 Å². The number of benzene rings is 1. The van der Waals surface area contributed by atoms with Gasteiger partial charge in [-0.25, -0.2) is 9.50 Å². The number of nitrogens with zero attached hydrogens (tertiary/aromatic N) is 5. The lowest BCUT2D eigenvalue weighted by Crippen LogP contribution is -2.14. The van der Waals surface area contributed by atoms with Crippen LogP contribution in [0.2, 0.25) is 0 Å². The summed E-state index contributed by atoms with van der Waals surface area (Å²) in [5.74, 6) is 1.13. The minimum atomic E-state index is -0.283. The predicted octanol–water partition coefficient (Wildman–Crippen LogP) is 3.73. The normalized spacial score (nSPS) is 13.1. The number of hydrogen-bond donors (Lipinski definition) is 2. The van der Waals surface area contributed by atoms with Crippen LogP contribution in [0.4, 0.5) is 11.5 Å². The van der Waals surface area contributed by atoms with Crippen LogP contribution >= 0.6 is 0 Å². The first kappa shape index (κ1) is 21.6. The monoisotopic (exact) mass is 459 g/mol. The second kappa shape index (κ2) is 8.62. The van der Waals surface area contributed by atoms with E-state index >= 15 is 0 Å². The summed E-state index contributed by atoms with van der Waals surface area (Å²) in [6.45, 7) is 3.92. The van der Waals surface area contributed by atoms with Gasteiger partial charge in [0.2, 0.25) is 11.8 Å². The van der Waals surface area contributed by atoms with Gasteiger partial charge in [0.1, 0.15) is 5.75 Å². The number of anilines is 2. The number of amides is 2. The topological polar surface area (TPSA) is 115 Å². The van der Waals surface area contributed by atoms with Gasteiger partial charge in [-0.3, -0.25) is 14.3 Å². The fraction of sp³-hybridized carbons (Fsp3) is 0.292. The van der Waals surface area contributed by atoms with Crippen molar-refractivity contribution in [3.8, 4) is 11.6 Å². The number of ether oxygens (including phenoxy) is 1. The van der Waals surface area contributed by atoms with Crippen LogP contribution in [0.3, 0.4) is 0 Å². The van der Waals surface area contributed by atoms with Crippen molar-refractivity contribution >= 4 is 29.0 Å². The average Bonchev–Trinajstić information content (AvgIpc) is 3.49. The molecule has 3 heterocycles. The molecule has 10 nitrogen and oxygen atoms in total. The van der Waals surface area contributed by atoms with Gasteiger partial charge in [-0.15, -0.1) is 5.10 Å². The van der Waals surface area contributed by atoms with E-state index in [0.717, 1.165) is 30.5 Å². The van der Waals surface area contributed by atoms with Gasteiger partial charge < -0.3 is 15.4 Å². The molecule has 1 aliphatic carbocycles. The van der Waals surface area contributed by atoms with Crippen molar-refractivity contribution in [2.75, 3.05) is 10.6 Å². The zero-order valence-corrected chi connectivity index (χ0v) is 19.2. The molecule has 0 radical (unpaired) electrons. The van der Waals surface area contributed by atoms with Crippen LogP contribution in [0, 0.1) is 12.8 Å². The molecule has 174 valence electrons. The molecule has 4 aromatic rings. The van der Waals surface area contributed by atoms with Crippen molar-refractivity contribution in [2.24, 2.45) is 13.0 Å². The Labute approximate surface area is 195 Å². The number of rotatable bonds is 7. The number of nitrogens with one attached hydrogen (secondary N) is 2. The highest BCUT2D eigenvalue weighted by Crippen LogP contribution is 2.30. The molecule has 0 unspecified atom stereocenters. The molecule has 2 amide bonds. The van der Waals surface area contributed by atoms with E-state index in [2.05, 4.69) is 25.8 Å². The van der Waals surface area contributed by atoms with Crippen molar-refractivity contribution in [2.45, 2.75) is 33.1 Å². The van der Waals surface area contributed by atoms with E-state index in [0.29, 0.717) is 34.5 Å². The van der Waals surface area contributed by atoms with Crippen LogP contribution in [-0.4, -0.2) is 36.2 Å². The number of fused-ring (bicyclic) bond motifs is 1. The predicted molar refractivity (Wildman–Crippen MR) is 126 cm³/mol. The maximum Gasteiger partial charge on any atom is 0.276 e. The standard InChI is InChI=1S/C24H25N7O3/c1-4-16-11-19(28-30(16)3)24(33)25-18-12-17(8-5-14(18)2)34-22-10-9-21-26-20(13-31(21)29-22)27-23(32)15-6-7-15/h5,8-13,15H,4,6-7H2,1-3H3,(H,25,33)(H,27,32). The third-order valence-corrected chi connectivity index (χ3v) is 5.75. The molecule has 0 aliphatic heterocycles. The van der Waals surface area contributed by atoms with Gasteiger partial charge in [-0.05, 0) is 49.9 Å². The summed E-state index contributed by atoms with van der Waals surface area (Å²) in [4.78, 5) is 29.1. The van der Waals surface area contributed by atoms with E-state index in [1.807, 2.05) is 33.0 Å². The molecule has 10 heteroatoms. The third kappa shape index (κ3) is 4.47. The van der Waals surface area contributed by atoms with Gasteiger partial charge >= 0.3 is 0 Å². The van der Waals surface area contributed by atoms with E-state index in [4.69, 9.17) is 4.74 Å². The zero-order valence-electron chi connectivity index (χ0n) is 19.2. The Morgan fingerprint density at radius 2 is 1.94 bits per heavy atom. The summed E-state index contributed by atoms with van der Waals surface area (Å²) in [5, 5.41) is 14.4. The Kier molecular flexibility index (Phi) is 5.48. The molecular weight excluding hydrogens is 434 g/mol. The maximum absolute atomic E-state index is 12.7. The van der Waals surface area contributed by atoms with E-state index < -0.39 is 0 Å². The smallest absolute Gasteiger partial charge is 0.276 e. The number of hydrogen-bond acceptors (Lipinski definition) is 6. The molecule has 34 heavy (non-hydrogen) atoms. The first-order chi connectivity index (χ1) is 16.4. The fourth-order valence-electron chi connectivity index (χ4n) is 3.61. The highest BCUT2D eigenvalue weighted by molar-refractivity contribution is 6.03. The molecule has 1 aliphatic rings. The lowest BCUT2D eigenvalue weighted by atomic mass is 10.2. The van der Waals surface area contributed by atoms with E-state index in [9.17, 15) is 9.59 Å². The number of carbonyl (C=O) groups excluding carboxylic acids is 2. The molecule has 1 aromatic carbocycles. The van der Waals surface area contributed by atoms with Crippen LogP contribution < -0.4 is 15.4 Å². The highest BCUT2D eigenvalue weighted by atomic mass is 16.5. The lowest BCUT2D eigenvalue weighted by molar-refractivity contribution is -0.117. The van der Waals surface area contributed by atoms with Gasteiger partial charge in [-0.1, -0.05) is 13.0 Å². The third-order valence-electron chi connectivity index (χ3n) is 5.75. The maximum atomic E-state index is 12.7. The minimum absolute atomic E-state index is 0.00858. The summed E-state index contributed by atoms with van der Waals surface area (Å²) < 4.78 is 9.20. The number of aryl methyl sites for hydroxylation is 3. The Morgan fingerprint density at radius 3 is 2.68 bits per heavy atom. The summed E-state index contributed by atoms with van der Waals surface area (Å²) in [5.41, 5.74) is 3.45. The van der Waals surface area contributed by atoms with Crippen molar-refractivity contribution in [1.82, 2.24) is 24.4 Å². The Balaban J connectivity index is 1.31. The molecular formula is C24H25N7O3. The quantitative estimate of drug-likeness (QED) is 0.435. The zero-order chi connectivity index (χ0) is 23.8. The highest BCUT2D eigenvalue weighted by Gasteiger charge is 2.30. The second-order valence-corrected chi connectivity index (χ2v) is 8.39. The molecule has 2 N–H and O–H groups in total. The van der Waals surface area contributed by atoms with Gasteiger partial charge in [-0.2, -0.15) is 5.10 Å². The SMILES string of the molecule is CCc1cc(C(=O)Nc2cc(Oc3ccc4nc(NC(=O)C5CC5)cn4n3)ccc2C)nn1C. The molecule has 0 bridgehead atoms. The summed E-state index contributed by atoms with van der Waals surface area (Å²) in [7, 11) is 1.82. The van der Waals surface area contributed by atoms with Crippen LogP contribution in [0.1, 0.15) is 41.5 Å². The van der Waals surface area contributed by atoms with Crippen molar-refractivity contribution in [3.05, 3.63) is 59.5 Å². The van der Waals surface area contributed by atoms with Gasteiger partial charge in [0.05, 0.1) is 6.20 Å².